The summed E-state index contributed by atoms with van der Waals surface area (Å²) >= 11 is 1.27. The molecule has 3 aromatic rings. The highest BCUT2D eigenvalue weighted by atomic mass is 32.2. The Balaban J connectivity index is 1.56. The summed E-state index contributed by atoms with van der Waals surface area (Å²) in [4.78, 5) is 26.9. The van der Waals surface area contributed by atoms with Gasteiger partial charge in [-0.3, -0.25) is 9.59 Å². The van der Waals surface area contributed by atoms with Gasteiger partial charge in [-0.25, -0.2) is 0 Å². The number of nitrogens with zero attached hydrogens (tertiary/aromatic N) is 5. The second-order valence-electron chi connectivity index (χ2n) is 6.83. The van der Waals surface area contributed by atoms with E-state index in [1.807, 2.05) is 56.3 Å². The van der Waals surface area contributed by atoms with Gasteiger partial charge in [0.25, 0.3) is 0 Å². The zero-order chi connectivity index (χ0) is 20.4. The first-order chi connectivity index (χ1) is 14.0. The molecule has 4 rings (SSSR count). The van der Waals surface area contributed by atoms with Gasteiger partial charge >= 0.3 is 0 Å². The molecule has 2 aromatic carbocycles. The smallest absolute Gasteiger partial charge is 0.237 e. The summed E-state index contributed by atoms with van der Waals surface area (Å²) < 4.78 is 1.64. The first kappa shape index (κ1) is 19.1. The molecule has 0 unspecified atom stereocenters. The van der Waals surface area contributed by atoms with Crippen LogP contribution in [0.4, 0.5) is 11.4 Å². The second kappa shape index (κ2) is 8.04. The molecule has 1 aliphatic heterocycles. The first-order valence-corrected chi connectivity index (χ1v) is 10.2. The van der Waals surface area contributed by atoms with Crippen LogP contribution < -0.4 is 10.2 Å². The average Bonchev–Trinajstić information content (AvgIpc) is 3.11. The molecular formula is C20H20N6O2S. The van der Waals surface area contributed by atoms with Crippen LogP contribution in [0.25, 0.3) is 5.69 Å². The summed E-state index contributed by atoms with van der Waals surface area (Å²) in [6, 6.07) is 14.9. The fourth-order valence-corrected chi connectivity index (χ4v) is 4.13. The fraction of sp³-hybridized carbons (Fsp3) is 0.250. The van der Waals surface area contributed by atoms with Crippen LogP contribution in [0, 0.1) is 6.92 Å². The van der Waals surface area contributed by atoms with Crippen LogP contribution in [0.1, 0.15) is 18.9 Å². The molecule has 0 saturated carbocycles. The molecule has 1 atom stereocenters. The number of rotatable bonds is 4. The minimum absolute atomic E-state index is 0.101. The SMILES string of the molecule is Cc1ccccc1-n1nnnc1SCC(=O)N1c2ccccc2NC(=O)C[C@H]1C. The van der Waals surface area contributed by atoms with Gasteiger partial charge in [0.2, 0.25) is 17.0 Å². The summed E-state index contributed by atoms with van der Waals surface area (Å²) in [7, 11) is 0. The molecule has 8 nitrogen and oxygen atoms in total. The number of anilines is 2. The lowest BCUT2D eigenvalue weighted by atomic mass is 10.2. The number of hydrogen-bond acceptors (Lipinski definition) is 6. The summed E-state index contributed by atoms with van der Waals surface area (Å²) in [5.74, 6) is -0.0544. The molecule has 2 amide bonds. The van der Waals surface area contributed by atoms with E-state index >= 15 is 0 Å². The number of amides is 2. The number of hydrogen-bond donors (Lipinski definition) is 1. The van der Waals surface area contributed by atoms with Crippen molar-refractivity contribution in [2.75, 3.05) is 16.0 Å². The molecule has 2 heterocycles. The van der Waals surface area contributed by atoms with E-state index in [9.17, 15) is 9.59 Å². The van der Waals surface area contributed by atoms with Gasteiger partial charge < -0.3 is 10.2 Å². The van der Waals surface area contributed by atoms with E-state index in [1.54, 1.807) is 15.6 Å². The standard InChI is InChI=1S/C20H20N6O2S/c1-13-7-3-5-9-16(13)26-20(22-23-24-26)29-12-19(28)25-14(2)11-18(27)21-15-8-4-6-10-17(15)25/h3-10,14H,11-12H2,1-2H3,(H,21,27)/t14-/m1/s1. The Morgan fingerprint density at radius 1 is 1.17 bits per heavy atom. The third-order valence-electron chi connectivity index (χ3n) is 4.74. The van der Waals surface area contributed by atoms with Crippen molar-refractivity contribution in [1.29, 1.82) is 0 Å². The highest BCUT2D eigenvalue weighted by molar-refractivity contribution is 7.99. The minimum atomic E-state index is -0.251. The molecule has 1 N–H and O–H groups in total. The van der Waals surface area contributed by atoms with Crippen LogP contribution in [0.3, 0.4) is 0 Å². The van der Waals surface area contributed by atoms with Gasteiger partial charge in [0.1, 0.15) is 0 Å². The molecule has 0 radical (unpaired) electrons. The van der Waals surface area contributed by atoms with E-state index in [0.29, 0.717) is 16.5 Å². The largest absolute Gasteiger partial charge is 0.324 e. The molecule has 29 heavy (non-hydrogen) atoms. The number of tetrazole rings is 1. The van der Waals surface area contributed by atoms with Crippen molar-refractivity contribution in [2.24, 2.45) is 0 Å². The number of benzene rings is 2. The maximum absolute atomic E-state index is 13.1. The number of aromatic nitrogens is 4. The maximum atomic E-state index is 13.1. The Bertz CT molecular complexity index is 1070. The molecule has 1 aliphatic rings. The van der Waals surface area contributed by atoms with Crippen molar-refractivity contribution in [3.05, 3.63) is 54.1 Å². The Labute approximate surface area is 172 Å². The zero-order valence-electron chi connectivity index (χ0n) is 16.1. The summed E-state index contributed by atoms with van der Waals surface area (Å²) in [6.45, 7) is 3.86. The molecule has 0 fully saturated rings. The second-order valence-corrected chi connectivity index (χ2v) is 7.77. The monoisotopic (exact) mass is 408 g/mol. The van der Waals surface area contributed by atoms with E-state index in [2.05, 4.69) is 20.8 Å². The van der Waals surface area contributed by atoms with E-state index in [1.165, 1.54) is 11.8 Å². The third-order valence-corrected chi connectivity index (χ3v) is 5.64. The average molecular weight is 408 g/mol. The molecule has 9 heteroatoms. The van der Waals surface area contributed by atoms with Crippen molar-refractivity contribution < 1.29 is 9.59 Å². The van der Waals surface area contributed by atoms with Crippen LogP contribution in [-0.4, -0.2) is 43.8 Å². The van der Waals surface area contributed by atoms with Gasteiger partial charge in [-0.05, 0) is 48.0 Å². The van der Waals surface area contributed by atoms with E-state index in [0.717, 1.165) is 11.3 Å². The van der Waals surface area contributed by atoms with Crippen LogP contribution in [0.2, 0.25) is 0 Å². The number of para-hydroxylation sites is 3. The summed E-state index contributed by atoms with van der Waals surface area (Å²) in [5.41, 5.74) is 3.25. The molecular weight excluding hydrogens is 388 g/mol. The molecule has 0 saturated heterocycles. The Morgan fingerprint density at radius 3 is 2.69 bits per heavy atom. The predicted molar refractivity (Wildman–Crippen MR) is 111 cm³/mol. The van der Waals surface area contributed by atoms with Crippen molar-refractivity contribution in [3.8, 4) is 5.69 Å². The van der Waals surface area contributed by atoms with Gasteiger partial charge in [0, 0.05) is 12.5 Å². The molecule has 1 aromatic heterocycles. The van der Waals surface area contributed by atoms with Crippen LogP contribution in [0.15, 0.2) is 53.7 Å². The number of thioether (sulfide) groups is 1. The van der Waals surface area contributed by atoms with E-state index in [-0.39, 0.29) is 30.0 Å². The van der Waals surface area contributed by atoms with Gasteiger partial charge in [0.05, 0.1) is 22.8 Å². The van der Waals surface area contributed by atoms with Gasteiger partial charge in [0.15, 0.2) is 0 Å². The van der Waals surface area contributed by atoms with Gasteiger partial charge in [-0.1, -0.05) is 42.1 Å². The van der Waals surface area contributed by atoms with Crippen LogP contribution >= 0.6 is 11.8 Å². The molecule has 0 bridgehead atoms. The lowest BCUT2D eigenvalue weighted by Gasteiger charge is -2.27. The predicted octanol–water partition coefficient (Wildman–Crippen LogP) is 2.83. The number of nitrogens with one attached hydrogen (secondary N) is 1. The van der Waals surface area contributed by atoms with Crippen molar-refractivity contribution in [2.45, 2.75) is 31.5 Å². The maximum Gasteiger partial charge on any atom is 0.237 e. The van der Waals surface area contributed by atoms with Crippen molar-refractivity contribution >= 4 is 35.0 Å². The Hall–Kier alpha value is -3.20. The number of fused-ring (bicyclic) bond motifs is 1. The third kappa shape index (κ3) is 3.86. The van der Waals surface area contributed by atoms with Gasteiger partial charge in [-0.2, -0.15) is 4.68 Å². The number of carbonyl (C=O) groups excluding carboxylic acids is 2. The van der Waals surface area contributed by atoms with E-state index in [4.69, 9.17) is 0 Å². The molecule has 0 aliphatic carbocycles. The van der Waals surface area contributed by atoms with Crippen molar-refractivity contribution in [1.82, 2.24) is 20.2 Å². The minimum Gasteiger partial charge on any atom is -0.324 e. The Kier molecular flexibility index (Phi) is 5.30. The van der Waals surface area contributed by atoms with E-state index < -0.39 is 0 Å². The summed E-state index contributed by atoms with van der Waals surface area (Å²) in [6.07, 6.45) is 0.242. The lowest BCUT2D eigenvalue weighted by Crippen LogP contribution is -2.40. The normalized spacial score (nSPS) is 16.1. The molecule has 148 valence electrons. The van der Waals surface area contributed by atoms with Gasteiger partial charge in [-0.15, -0.1) is 5.10 Å². The zero-order valence-corrected chi connectivity index (χ0v) is 16.9. The van der Waals surface area contributed by atoms with Crippen LogP contribution in [0.5, 0.6) is 0 Å². The highest BCUT2D eigenvalue weighted by Crippen LogP contribution is 2.32. The number of aryl methyl sites for hydroxylation is 1. The first-order valence-electron chi connectivity index (χ1n) is 9.22. The molecule has 0 spiro atoms. The number of carbonyl (C=O) groups is 2. The quantitative estimate of drug-likeness (QED) is 0.668. The van der Waals surface area contributed by atoms with Crippen LogP contribution in [-0.2, 0) is 9.59 Å². The fourth-order valence-electron chi connectivity index (χ4n) is 3.38. The summed E-state index contributed by atoms with van der Waals surface area (Å²) in [5, 5.41) is 15.3. The lowest BCUT2D eigenvalue weighted by molar-refractivity contribution is -0.117. The topological polar surface area (TPSA) is 93.0 Å². The van der Waals surface area contributed by atoms with Crippen molar-refractivity contribution in [3.63, 3.8) is 0 Å². The highest BCUT2D eigenvalue weighted by Gasteiger charge is 2.29. The Morgan fingerprint density at radius 2 is 1.90 bits per heavy atom.